The first-order chi connectivity index (χ1) is 30.7. The first-order valence-corrected chi connectivity index (χ1v) is 21.8. The fraction of sp³-hybridized carbons (Fsp3) is 0.533. The molecule has 1 saturated heterocycles. The lowest BCUT2D eigenvalue weighted by molar-refractivity contribution is -0.144. The molecule has 1 fully saturated rings. The third-order valence-electron chi connectivity index (χ3n) is 11.0. The Morgan fingerprint density at radius 2 is 1.35 bits per heavy atom. The number of rotatable bonds is 23. The van der Waals surface area contributed by atoms with Crippen molar-refractivity contribution < 1.29 is 58.1 Å². The molecule has 2 aromatic rings. The summed E-state index contributed by atoms with van der Waals surface area (Å²) in [6.07, 6.45) is -2.10. The highest BCUT2D eigenvalue weighted by molar-refractivity contribution is 5.97. The van der Waals surface area contributed by atoms with Gasteiger partial charge in [0.05, 0.1) is 25.2 Å². The number of carbonyl (C=O) groups excluding carboxylic acids is 7. The molecule has 0 unspecified atom stereocenters. The molecule has 0 spiro atoms. The minimum atomic E-state index is -1.60. The molecule has 8 amide bonds. The van der Waals surface area contributed by atoms with E-state index in [0.29, 0.717) is 6.42 Å². The summed E-state index contributed by atoms with van der Waals surface area (Å²) in [5, 5.41) is 32.5. The SMILES string of the molecule is CC[C@H](C)[C@H](NC(=O)[C@@H](CCC(=O)O)NC(=O)[C@H](CC(=O)O)NC(C)=O)C(=O)N[C@H](C(=O)N1C[C@H](OCc2ccccc2)C[C@H]1C(=O)NN(CC)C(=O)N[C@@H](C)c1ccccc1)C(C)C. The summed E-state index contributed by atoms with van der Waals surface area (Å²) >= 11 is 0. The number of aliphatic carboxylic acids is 2. The van der Waals surface area contributed by atoms with Gasteiger partial charge >= 0.3 is 18.0 Å². The second-order valence-electron chi connectivity index (χ2n) is 16.4. The van der Waals surface area contributed by atoms with Crippen molar-refractivity contribution in [2.75, 3.05) is 13.1 Å². The van der Waals surface area contributed by atoms with Crippen molar-refractivity contribution in [3.63, 3.8) is 0 Å². The molecule has 0 bridgehead atoms. The average Bonchev–Trinajstić information content (AvgIpc) is 3.70. The van der Waals surface area contributed by atoms with Gasteiger partial charge in [-0.2, -0.15) is 0 Å². The van der Waals surface area contributed by atoms with Crippen LogP contribution in [0.25, 0.3) is 0 Å². The predicted molar refractivity (Wildman–Crippen MR) is 236 cm³/mol. The highest BCUT2D eigenvalue weighted by Crippen LogP contribution is 2.25. The van der Waals surface area contributed by atoms with Crippen LogP contribution in [0.5, 0.6) is 0 Å². The molecule has 356 valence electrons. The standard InChI is InChI=1S/C45H64N8O12/c1-8-27(5)39(50-40(59)33(20-21-36(55)56)48-41(60)34(23-37(57)58)47-29(7)54)43(62)49-38(26(3)4)44(63)52-24-32(65-25-30-16-12-10-13-17-30)22-35(52)42(61)51-53(9-2)45(64)46-28(6)31-18-14-11-15-19-31/h10-19,26-28,32-35,38-39H,8-9,20-25H2,1-7H3,(H,46,64)(H,47,54)(H,48,60)(H,49,62)(H,50,59)(H,51,61)(H,55,56)(H,57,58)/t27-,28-,32+,33+,34-,35-,38-,39-/m0/s1. The molecule has 20 nitrogen and oxygen atoms in total. The van der Waals surface area contributed by atoms with Gasteiger partial charge in [0.2, 0.25) is 29.5 Å². The maximum absolute atomic E-state index is 14.6. The molecule has 0 saturated carbocycles. The third kappa shape index (κ3) is 16.5. The summed E-state index contributed by atoms with van der Waals surface area (Å²) in [5.74, 6) is -8.71. The van der Waals surface area contributed by atoms with Gasteiger partial charge in [-0.25, -0.2) is 9.80 Å². The van der Waals surface area contributed by atoms with Crippen LogP contribution in [0.15, 0.2) is 60.7 Å². The number of urea groups is 1. The predicted octanol–water partition coefficient (Wildman–Crippen LogP) is 2.00. The number of likely N-dealkylation sites (tertiary alicyclic amines) is 1. The van der Waals surface area contributed by atoms with Crippen molar-refractivity contribution in [2.24, 2.45) is 11.8 Å². The lowest BCUT2D eigenvalue weighted by atomic mass is 9.95. The van der Waals surface area contributed by atoms with E-state index < -0.39 is 127 Å². The van der Waals surface area contributed by atoms with Crippen molar-refractivity contribution in [3.8, 4) is 0 Å². The first kappa shape index (κ1) is 52.8. The highest BCUT2D eigenvalue weighted by atomic mass is 16.5. The highest BCUT2D eigenvalue weighted by Gasteiger charge is 2.44. The topological polar surface area (TPSA) is 282 Å². The Morgan fingerprint density at radius 3 is 1.91 bits per heavy atom. The number of hydrazine groups is 1. The molecule has 8 N–H and O–H groups in total. The Morgan fingerprint density at radius 1 is 0.754 bits per heavy atom. The molecule has 2 aromatic carbocycles. The van der Waals surface area contributed by atoms with Crippen molar-refractivity contribution >= 4 is 53.4 Å². The molecule has 1 aliphatic rings. The van der Waals surface area contributed by atoms with E-state index in [0.717, 1.165) is 23.1 Å². The average molecular weight is 909 g/mol. The van der Waals surface area contributed by atoms with Crippen LogP contribution >= 0.6 is 0 Å². The number of nitrogens with zero attached hydrogens (tertiary/aromatic N) is 2. The number of carboxylic acids is 2. The Hall–Kier alpha value is -6.57. The van der Waals surface area contributed by atoms with Gasteiger partial charge in [0.1, 0.15) is 30.2 Å². The Bertz CT molecular complexity index is 1950. The van der Waals surface area contributed by atoms with Gasteiger partial charge in [0, 0.05) is 32.9 Å². The summed E-state index contributed by atoms with van der Waals surface area (Å²) in [6, 6.07) is 10.7. The van der Waals surface area contributed by atoms with Gasteiger partial charge in [-0.15, -0.1) is 0 Å². The van der Waals surface area contributed by atoms with Gasteiger partial charge in [-0.1, -0.05) is 94.8 Å². The van der Waals surface area contributed by atoms with Crippen molar-refractivity contribution in [1.29, 1.82) is 0 Å². The van der Waals surface area contributed by atoms with E-state index in [4.69, 9.17) is 4.74 Å². The Labute approximate surface area is 378 Å². The first-order valence-electron chi connectivity index (χ1n) is 21.8. The maximum Gasteiger partial charge on any atom is 0.336 e. The second kappa shape index (κ2) is 25.7. The van der Waals surface area contributed by atoms with Crippen molar-refractivity contribution in [3.05, 3.63) is 71.8 Å². The summed E-state index contributed by atoms with van der Waals surface area (Å²) in [7, 11) is 0. The summed E-state index contributed by atoms with van der Waals surface area (Å²) in [4.78, 5) is 119. The summed E-state index contributed by atoms with van der Waals surface area (Å²) in [6.45, 7) is 11.6. The molecule has 1 heterocycles. The van der Waals surface area contributed by atoms with Crippen LogP contribution in [-0.4, -0.2) is 123 Å². The molecule has 0 aliphatic carbocycles. The molecule has 0 radical (unpaired) electrons. The number of carboxylic acid groups (broad SMARTS) is 2. The van der Waals surface area contributed by atoms with Crippen molar-refractivity contribution in [2.45, 2.75) is 130 Å². The van der Waals surface area contributed by atoms with E-state index in [1.165, 1.54) is 4.90 Å². The molecule has 3 rings (SSSR count). The van der Waals surface area contributed by atoms with Gasteiger partial charge in [-0.05, 0) is 43.2 Å². The van der Waals surface area contributed by atoms with E-state index in [1.54, 1.807) is 41.5 Å². The summed E-state index contributed by atoms with van der Waals surface area (Å²) < 4.78 is 6.20. The van der Waals surface area contributed by atoms with Gasteiger partial charge in [-0.3, -0.25) is 43.8 Å². The van der Waals surface area contributed by atoms with E-state index in [2.05, 4.69) is 32.0 Å². The third-order valence-corrected chi connectivity index (χ3v) is 11.0. The number of carbonyl (C=O) groups is 9. The van der Waals surface area contributed by atoms with E-state index in [-0.39, 0.29) is 26.1 Å². The Kier molecular flexibility index (Phi) is 20.8. The van der Waals surface area contributed by atoms with Gasteiger partial charge in [0.15, 0.2) is 0 Å². The number of ether oxygens (including phenoxy) is 1. The fourth-order valence-corrected chi connectivity index (χ4v) is 7.10. The zero-order chi connectivity index (χ0) is 48.4. The number of hydrogen-bond donors (Lipinski definition) is 8. The quantitative estimate of drug-likeness (QED) is 0.0744. The molecule has 65 heavy (non-hydrogen) atoms. The molecular weight excluding hydrogens is 845 g/mol. The van der Waals surface area contributed by atoms with E-state index in [9.17, 15) is 53.4 Å². The van der Waals surface area contributed by atoms with E-state index in [1.807, 2.05) is 60.7 Å². The second-order valence-corrected chi connectivity index (χ2v) is 16.4. The molecule has 1 aliphatic heterocycles. The zero-order valence-corrected chi connectivity index (χ0v) is 38.0. The lowest BCUT2D eigenvalue weighted by Crippen LogP contribution is -2.61. The largest absolute Gasteiger partial charge is 0.481 e. The van der Waals surface area contributed by atoms with Crippen LogP contribution in [0, 0.1) is 11.8 Å². The van der Waals surface area contributed by atoms with Crippen LogP contribution in [0.1, 0.15) is 97.7 Å². The van der Waals surface area contributed by atoms with Crippen LogP contribution in [0.3, 0.4) is 0 Å². The van der Waals surface area contributed by atoms with Crippen LogP contribution in [0.4, 0.5) is 4.79 Å². The van der Waals surface area contributed by atoms with Gasteiger partial charge in [0.25, 0.3) is 5.91 Å². The summed E-state index contributed by atoms with van der Waals surface area (Å²) in [5.41, 5.74) is 4.38. The monoisotopic (exact) mass is 908 g/mol. The van der Waals surface area contributed by atoms with Crippen molar-refractivity contribution in [1.82, 2.24) is 41.9 Å². The molecule has 0 aromatic heterocycles. The maximum atomic E-state index is 14.6. The molecule has 20 heteroatoms. The number of hydrogen-bond acceptors (Lipinski definition) is 10. The van der Waals surface area contributed by atoms with Crippen LogP contribution in [-0.2, 0) is 49.7 Å². The fourth-order valence-electron chi connectivity index (χ4n) is 7.10. The van der Waals surface area contributed by atoms with Gasteiger partial charge < -0.3 is 46.4 Å². The minimum absolute atomic E-state index is 0.0377. The smallest absolute Gasteiger partial charge is 0.336 e. The number of benzene rings is 2. The number of amides is 8. The minimum Gasteiger partial charge on any atom is -0.481 e. The molecular formula is C45H64N8O12. The molecule has 8 atom stereocenters. The normalized spacial score (nSPS) is 17.3. The number of nitrogens with one attached hydrogen (secondary N) is 6. The van der Waals surface area contributed by atoms with Crippen LogP contribution < -0.4 is 32.0 Å². The Balaban J connectivity index is 1.88. The van der Waals surface area contributed by atoms with E-state index >= 15 is 0 Å². The zero-order valence-electron chi connectivity index (χ0n) is 38.0. The lowest BCUT2D eigenvalue weighted by Gasteiger charge is -2.33. The van der Waals surface area contributed by atoms with Crippen LogP contribution in [0.2, 0.25) is 0 Å².